The highest BCUT2D eigenvalue weighted by Gasteiger charge is 2.34. The first-order valence-corrected chi connectivity index (χ1v) is 8.69. The highest BCUT2D eigenvalue weighted by Crippen LogP contribution is 2.29. The van der Waals surface area contributed by atoms with E-state index in [1.807, 2.05) is 18.2 Å². The monoisotopic (exact) mass is 294 g/mol. The van der Waals surface area contributed by atoms with Gasteiger partial charge in [-0.25, -0.2) is 0 Å². The minimum absolute atomic E-state index is 0.0823. The number of hydrogen-bond donors (Lipinski definition) is 2. The fourth-order valence-electron chi connectivity index (χ4n) is 2.78. The molecule has 0 aromatic heterocycles. The lowest BCUT2D eigenvalue weighted by molar-refractivity contribution is 0.0903. The summed E-state index contributed by atoms with van der Waals surface area (Å²) in [6.07, 6.45) is 5.80. The minimum Gasteiger partial charge on any atom is -0.345 e. The van der Waals surface area contributed by atoms with E-state index >= 15 is 0 Å². The molecule has 20 heavy (non-hydrogen) atoms. The van der Waals surface area contributed by atoms with Crippen LogP contribution in [0.15, 0.2) is 24.3 Å². The molecule has 0 saturated heterocycles. The number of amides is 1. The first kappa shape index (κ1) is 15.2. The second-order valence-corrected chi connectivity index (χ2v) is 7.00. The van der Waals surface area contributed by atoms with Gasteiger partial charge in [0.05, 0.1) is 5.54 Å². The van der Waals surface area contributed by atoms with E-state index in [9.17, 15) is 9.00 Å². The fourth-order valence-corrected chi connectivity index (χ4v) is 3.43. The third-order valence-corrected chi connectivity index (χ3v) is 4.63. The molecule has 1 unspecified atom stereocenters. The second-order valence-electron chi connectivity index (χ2n) is 5.56. The van der Waals surface area contributed by atoms with Crippen LogP contribution in [0.1, 0.15) is 41.6 Å². The van der Waals surface area contributed by atoms with E-state index in [1.54, 1.807) is 12.3 Å². The Bertz CT molecular complexity index is 510. The Hall–Kier alpha value is -1.20. The molecule has 1 aromatic carbocycles. The first-order chi connectivity index (χ1) is 9.54. The van der Waals surface area contributed by atoms with Crippen molar-refractivity contribution in [3.05, 3.63) is 35.4 Å². The van der Waals surface area contributed by atoms with Gasteiger partial charge in [-0.15, -0.1) is 0 Å². The summed E-state index contributed by atoms with van der Waals surface area (Å²) >= 11 is 0. The Morgan fingerprint density at radius 2 is 2.10 bits per heavy atom. The molecule has 0 heterocycles. The van der Waals surface area contributed by atoms with Crippen LogP contribution in [0.2, 0.25) is 0 Å². The molecule has 1 fully saturated rings. The molecule has 1 aliphatic rings. The molecule has 1 aliphatic carbocycles. The summed E-state index contributed by atoms with van der Waals surface area (Å²) in [7, 11) is -0.904. The molecule has 2 rings (SSSR count). The Balaban J connectivity index is 2.10. The van der Waals surface area contributed by atoms with Crippen molar-refractivity contribution in [1.82, 2.24) is 5.32 Å². The highest BCUT2D eigenvalue weighted by molar-refractivity contribution is 7.83. The van der Waals surface area contributed by atoms with Crippen LogP contribution >= 0.6 is 0 Å². The SMILES string of the molecule is CS(=O)Cc1cccc(C(=O)NC2(CN)CCCC2)c1. The van der Waals surface area contributed by atoms with Crippen LogP contribution < -0.4 is 11.1 Å². The highest BCUT2D eigenvalue weighted by atomic mass is 32.2. The van der Waals surface area contributed by atoms with Crippen molar-refractivity contribution in [2.24, 2.45) is 5.73 Å². The molecule has 1 saturated carbocycles. The van der Waals surface area contributed by atoms with Crippen molar-refractivity contribution < 1.29 is 9.00 Å². The topological polar surface area (TPSA) is 72.2 Å². The largest absolute Gasteiger partial charge is 0.345 e. The van der Waals surface area contributed by atoms with Crippen LogP contribution in [-0.2, 0) is 16.6 Å². The zero-order valence-electron chi connectivity index (χ0n) is 11.9. The number of benzene rings is 1. The maximum absolute atomic E-state index is 12.4. The molecular formula is C15H22N2O2S. The van der Waals surface area contributed by atoms with Gasteiger partial charge in [-0.1, -0.05) is 25.0 Å². The normalized spacial score (nSPS) is 18.7. The number of rotatable bonds is 5. The molecule has 3 N–H and O–H groups in total. The second kappa shape index (κ2) is 6.50. The smallest absolute Gasteiger partial charge is 0.251 e. The van der Waals surface area contributed by atoms with E-state index in [-0.39, 0.29) is 11.4 Å². The molecule has 4 nitrogen and oxygen atoms in total. The third-order valence-electron chi connectivity index (χ3n) is 3.89. The molecule has 1 atom stereocenters. The molecule has 0 bridgehead atoms. The van der Waals surface area contributed by atoms with Crippen LogP contribution in [0.25, 0.3) is 0 Å². The van der Waals surface area contributed by atoms with Crippen LogP contribution in [0.4, 0.5) is 0 Å². The van der Waals surface area contributed by atoms with Crippen molar-refractivity contribution in [1.29, 1.82) is 0 Å². The zero-order chi connectivity index (χ0) is 14.6. The molecular weight excluding hydrogens is 272 g/mol. The van der Waals surface area contributed by atoms with Gasteiger partial charge in [0, 0.05) is 34.9 Å². The van der Waals surface area contributed by atoms with Crippen molar-refractivity contribution >= 4 is 16.7 Å². The Labute approximate surface area is 122 Å². The van der Waals surface area contributed by atoms with Gasteiger partial charge in [0.2, 0.25) is 0 Å². The van der Waals surface area contributed by atoms with Crippen molar-refractivity contribution in [3.63, 3.8) is 0 Å². The lowest BCUT2D eigenvalue weighted by Crippen LogP contribution is -2.51. The molecule has 0 aliphatic heterocycles. The Morgan fingerprint density at radius 3 is 2.70 bits per heavy atom. The van der Waals surface area contributed by atoms with Gasteiger partial charge < -0.3 is 11.1 Å². The van der Waals surface area contributed by atoms with E-state index in [1.165, 1.54) is 0 Å². The summed E-state index contributed by atoms with van der Waals surface area (Å²) < 4.78 is 11.3. The maximum atomic E-state index is 12.4. The Morgan fingerprint density at radius 1 is 1.40 bits per heavy atom. The number of nitrogens with two attached hydrogens (primary N) is 1. The minimum atomic E-state index is -0.904. The summed E-state index contributed by atoms with van der Waals surface area (Å²) in [5, 5.41) is 3.10. The lowest BCUT2D eigenvalue weighted by atomic mass is 9.97. The quantitative estimate of drug-likeness (QED) is 0.866. The standard InChI is InChI=1S/C15H22N2O2S/c1-20(19)10-12-5-4-6-13(9-12)14(18)17-15(11-16)7-2-3-8-15/h4-6,9H,2-3,7-8,10-11,16H2,1H3,(H,17,18). The van der Waals surface area contributed by atoms with Crippen molar-refractivity contribution in [2.75, 3.05) is 12.8 Å². The predicted molar refractivity (Wildman–Crippen MR) is 81.9 cm³/mol. The summed E-state index contributed by atoms with van der Waals surface area (Å²) in [4.78, 5) is 12.4. The number of hydrogen-bond acceptors (Lipinski definition) is 3. The molecule has 0 radical (unpaired) electrons. The van der Waals surface area contributed by atoms with E-state index in [4.69, 9.17) is 5.73 Å². The van der Waals surface area contributed by atoms with Crippen molar-refractivity contribution in [2.45, 2.75) is 37.0 Å². The molecule has 0 spiro atoms. The van der Waals surface area contributed by atoms with Gasteiger partial charge in [-0.3, -0.25) is 9.00 Å². The van der Waals surface area contributed by atoms with Crippen LogP contribution in [0.5, 0.6) is 0 Å². The molecule has 1 amide bonds. The lowest BCUT2D eigenvalue weighted by Gasteiger charge is -2.28. The summed E-state index contributed by atoms with van der Waals surface area (Å²) in [6.45, 7) is 0.484. The predicted octanol–water partition coefficient (Wildman–Crippen LogP) is 1.57. The third kappa shape index (κ3) is 3.67. The van der Waals surface area contributed by atoms with Crippen LogP contribution in [0, 0.1) is 0 Å². The van der Waals surface area contributed by atoms with E-state index in [2.05, 4.69) is 5.32 Å². The van der Waals surface area contributed by atoms with Gasteiger partial charge in [-0.05, 0) is 30.5 Å². The Kier molecular flexibility index (Phi) is 4.94. The molecule has 1 aromatic rings. The zero-order valence-corrected chi connectivity index (χ0v) is 12.7. The van der Waals surface area contributed by atoms with Gasteiger partial charge in [0.25, 0.3) is 5.91 Å². The van der Waals surface area contributed by atoms with Gasteiger partial charge in [-0.2, -0.15) is 0 Å². The number of carbonyl (C=O) groups excluding carboxylic acids is 1. The number of carbonyl (C=O) groups is 1. The summed E-state index contributed by atoms with van der Waals surface area (Å²) in [5.74, 6) is 0.393. The summed E-state index contributed by atoms with van der Waals surface area (Å²) in [5.41, 5.74) is 7.14. The fraction of sp³-hybridized carbons (Fsp3) is 0.533. The van der Waals surface area contributed by atoms with E-state index in [0.29, 0.717) is 17.9 Å². The van der Waals surface area contributed by atoms with Crippen LogP contribution in [-0.4, -0.2) is 28.5 Å². The van der Waals surface area contributed by atoms with Gasteiger partial charge in [0.1, 0.15) is 0 Å². The van der Waals surface area contributed by atoms with Gasteiger partial charge in [0.15, 0.2) is 0 Å². The van der Waals surface area contributed by atoms with E-state index in [0.717, 1.165) is 31.2 Å². The average Bonchev–Trinajstić information content (AvgIpc) is 2.87. The number of nitrogens with one attached hydrogen (secondary N) is 1. The maximum Gasteiger partial charge on any atom is 0.251 e. The molecule has 110 valence electrons. The van der Waals surface area contributed by atoms with Gasteiger partial charge >= 0.3 is 0 Å². The van der Waals surface area contributed by atoms with Crippen LogP contribution in [0.3, 0.4) is 0 Å². The van der Waals surface area contributed by atoms with E-state index < -0.39 is 10.8 Å². The first-order valence-electron chi connectivity index (χ1n) is 6.96. The summed E-state index contributed by atoms with van der Waals surface area (Å²) in [6, 6.07) is 7.33. The average molecular weight is 294 g/mol. The van der Waals surface area contributed by atoms with Crippen molar-refractivity contribution in [3.8, 4) is 0 Å². The molecule has 5 heteroatoms.